The van der Waals surface area contributed by atoms with Crippen molar-refractivity contribution in [3.63, 3.8) is 0 Å². The summed E-state index contributed by atoms with van der Waals surface area (Å²) in [6.45, 7) is 5.03. The molecule has 1 aliphatic rings. The SMILES string of the molecule is CCCCCC[N+]1(C)CCCC1Br. The maximum absolute atomic E-state index is 3.80. The van der Waals surface area contributed by atoms with Crippen LogP contribution >= 0.6 is 15.9 Å². The van der Waals surface area contributed by atoms with Gasteiger partial charge < -0.3 is 4.48 Å². The van der Waals surface area contributed by atoms with Gasteiger partial charge in [0.15, 0.2) is 0 Å². The van der Waals surface area contributed by atoms with E-state index in [4.69, 9.17) is 0 Å². The summed E-state index contributed by atoms with van der Waals surface area (Å²) in [6, 6.07) is 0. The highest BCUT2D eigenvalue weighted by Gasteiger charge is 2.34. The Bertz CT molecular complexity index is 149. The van der Waals surface area contributed by atoms with Gasteiger partial charge in [0.05, 0.1) is 20.1 Å². The molecule has 1 aliphatic heterocycles. The molecule has 78 valence electrons. The first kappa shape index (κ1) is 11.5. The van der Waals surface area contributed by atoms with Crippen molar-refractivity contribution < 1.29 is 4.48 Å². The van der Waals surface area contributed by atoms with Gasteiger partial charge in [0.2, 0.25) is 0 Å². The van der Waals surface area contributed by atoms with Gasteiger partial charge in [-0.15, -0.1) is 0 Å². The minimum absolute atomic E-state index is 0.731. The third-order valence-electron chi connectivity index (χ3n) is 3.31. The maximum atomic E-state index is 3.80. The Kier molecular flexibility index (Phi) is 4.74. The van der Waals surface area contributed by atoms with Crippen molar-refractivity contribution >= 4 is 15.9 Å². The fourth-order valence-corrected chi connectivity index (χ4v) is 2.96. The van der Waals surface area contributed by atoms with Crippen molar-refractivity contribution in [3.8, 4) is 0 Å². The van der Waals surface area contributed by atoms with Crippen LogP contribution in [0.5, 0.6) is 0 Å². The predicted octanol–water partition coefficient (Wildman–Crippen LogP) is 3.53. The molecule has 2 heteroatoms. The summed E-state index contributed by atoms with van der Waals surface area (Å²) in [4.78, 5) is 0.731. The summed E-state index contributed by atoms with van der Waals surface area (Å²) in [5.74, 6) is 0. The average Bonchev–Trinajstić information content (AvgIpc) is 2.42. The topological polar surface area (TPSA) is 0 Å². The summed E-state index contributed by atoms with van der Waals surface area (Å²) in [5, 5.41) is 0. The van der Waals surface area contributed by atoms with Crippen LogP contribution in [0.15, 0.2) is 0 Å². The van der Waals surface area contributed by atoms with Crippen LogP contribution in [0.4, 0.5) is 0 Å². The van der Waals surface area contributed by atoms with E-state index in [2.05, 4.69) is 29.9 Å². The van der Waals surface area contributed by atoms with Crippen LogP contribution in [0.1, 0.15) is 45.4 Å². The van der Waals surface area contributed by atoms with Crippen molar-refractivity contribution in [1.29, 1.82) is 0 Å². The molecule has 1 heterocycles. The minimum Gasteiger partial charge on any atom is -0.315 e. The molecule has 0 aliphatic carbocycles. The standard InChI is InChI=1S/C11H23BrN/c1-3-4-5-6-9-13(2)10-7-8-11(13)12/h11H,3-10H2,1-2H3/q+1. The zero-order valence-corrected chi connectivity index (χ0v) is 10.6. The monoisotopic (exact) mass is 248 g/mol. The first-order valence-corrected chi connectivity index (χ1v) is 6.59. The molecule has 0 N–H and O–H groups in total. The number of alkyl halides is 1. The molecule has 0 aromatic carbocycles. The minimum atomic E-state index is 0.731. The first-order chi connectivity index (χ1) is 6.19. The Labute approximate surface area is 91.2 Å². The molecule has 2 unspecified atom stereocenters. The van der Waals surface area contributed by atoms with E-state index in [1.54, 1.807) is 0 Å². The molecule has 1 saturated heterocycles. The maximum Gasteiger partial charge on any atom is 0.144 e. The first-order valence-electron chi connectivity index (χ1n) is 5.67. The second kappa shape index (κ2) is 5.35. The van der Waals surface area contributed by atoms with E-state index in [1.807, 2.05) is 0 Å². The van der Waals surface area contributed by atoms with Crippen molar-refractivity contribution in [2.45, 2.75) is 50.4 Å². The number of hydrogen-bond acceptors (Lipinski definition) is 0. The van der Waals surface area contributed by atoms with Crippen molar-refractivity contribution in [2.24, 2.45) is 0 Å². The van der Waals surface area contributed by atoms with Gasteiger partial charge in [-0.3, -0.25) is 0 Å². The molecule has 13 heavy (non-hydrogen) atoms. The lowest BCUT2D eigenvalue weighted by atomic mass is 10.2. The zero-order chi connectivity index (χ0) is 9.73. The van der Waals surface area contributed by atoms with Crippen LogP contribution in [-0.4, -0.2) is 29.6 Å². The molecular formula is C11H23BrN+. The predicted molar refractivity (Wildman–Crippen MR) is 62.0 cm³/mol. The molecule has 0 radical (unpaired) electrons. The Morgan fingerprint density at radius 3 is 2.62 bits per heavy atom. The fraction of sp³-hybridized carbons (Fsp3) is 1.00. The summed E-state index contributed by atoms with van der Waals surface area (Å²) in [5.41, 5.74) is 0. The van der Waals surface area contributed by atoms with Gasteiger partial charge in [-0.1, -0.05) is 19.8 Å². The van der Waals surface area contributed by atoms with Gasteiger partial charge in [-0.25, -0.2) is 0 Å². The highest BCUT2D eigenvalue weighted by atomic mass is 79.9. The zero-order valence-electron chi connectivity index (χ0n) is 9.06. The third-order valence-corrected chi connectivity index (χ3v) is 4.76. The van der Waals surface area contributed by atoms with Gasteiger partial charge >= 0.3 is 0 Å². The highest BCUT2D eigenvalue weighted by Crippen LogP contribution is 2.29. The average molecular weight is 249 g/mol. The summed E-state index contributed by atoms with van der Waals surface area (Å²) in [7, 11) is 2.40. The molecular weight excluding hydrogens is 226 g/mol. The number of unbranched alkanes of at least 4 members (excludes halogenated alkanes) is 3. The normalized spacial score (nSPS) is 33.9. The van der Waals surface area contributed by atoms with E-state index in [0.717, 1.165) is 4.95 Å². The van der Waals surface area contributed by atoms with Crippen LogP contribution in [0.2, 0.25) is 0 Å². The van der Waals surface area contributed by atoms with E-state index in [1.165, 1.54) is 56.1 Å². The van der Waals surface area contributed by atoms with Crippen molar-refractivity contribution in [2.75, 3.05) is 20.1 Å². The van der Waals surface area contributed by atoms with Crippen LogP contribution in [-0.2, 0) is 0 Å². The molecule has 0 spiro atoms. The number of likely N-dealkylation sites (tertiary alicyclic amines) is 1. The Hall–Kier alpha value is 0.440. The summed E-state index contributed by atoms with van der Waals surface area (Å²) in [6.07, 6.45) is 8.36. The van der Waals surface area contributed by atoms with Crippen LogP contribution < -0.4 is 0 Å². The largest absolute Gasteiger partial charge is 0.315 e. The van der Waals surface area contributed by atoms with Gasteiger partial charge in [0.25, 0.3) is 0 Å². The highest BCUT2D eigenvalue weighted by molar-refractivity contribution is 9.09. The molecule has 1 rings (SSSR count). The molecule has 0 bridgehead atoms. The Balaban J connectivity index is 2.18. The molecule has 2 atom stereocenters. The number of halogens is 1. The smallest absolute Gasteiger partial charge is 0.144 e. The second-order valence-electron chi connectivity index (χ2n) is 4.56. The summed E-state index contributed by atoms with van der Waals surface area (Å²) < 4.78 is 1.27. The third kappa shape index (κ3) is 3.25. The number of rotatable bonds is 5. The quantitative estimate of drug-likeness (QED) is 0.302. The number of nitrogens with zero attached hydrogens (tertiary/aromatic N) is 1. The van der Waals surface area contributed by atoms with E-state index in [-0.39, 0.29) is 0 Å². The lowest BCUT2D eigenvalue weighted by Crippen LogP contribution is -2.45. The molecule has 1 fully saturated rings. The molecule has 0 aromatic heterocycles. The van der Waals surface area contributed by atoms with Crippen LogP contribution in [0.3, 0.4) is 0 Å². The van der Waals surface area contributed by atoms with Crippen LogP contribution in [0, 0.1) is 0 Å². The van der Waals surface area contributed by atoms with Gasteiger partial charge in [0, 0.05) is 12.8 Å². The summed E-state index contributed by atoms with van der Waals surface area (Å²) >= 11 is 3.80. The van der Waals surface area contributed by atoms with Gasteiger partial charge in [0.1, 0.15) is 4.95 Å². The molecule has 0 amide bonds. The van der Waals surface area contributed by atoms with Crippen molar-refractivity contribution in [3.05, 3.63) is 0 Å². The van der Waals surface area contributed by atoms with E-state index in [0.29, 0.717) is 0 Å². The number of quaternary nitrogens is 1. The molecule has 0 saturated carbocycles. The number of hydrogen-bond donors (Lipinski definition) is 0. The Morgan fingerprint density at radius 2 is 2.08 bits per heavy atom. The van der Waals surface area contributed by atoms with E-state index >= 15 is 0 Å². The second-order valence-corrected chi connectivity index (χ2v) is 5.62. The van der Waals surface area contributed by atoms with Gasteiger partial charge in [-0.2, -0.15) is 0 Å². The Morgan fingerprint density at radius 1 is 1.31 bits per heavy atom. The van der Waals surface area contributed by atoms with Crippen LogP contribution in [0.25, 0.3) is 0 Å². The van der Waals surface area contributed by atoms with Gasteiger partial charge in [-0.05, 0) is 28.8 Å². The molecule has 1 nitrogen and oxygen atoms in total. The lowest BCUT2D eigenvalue weighted by molar-refractivity contribution is -0.905. The molecule has 0 aromatic rings. The van der Waals surface area contributed by atoms with E-state index < -0.39 is 0 Å². The van der Waals surface area contributed by atoms with E-state index in [9.17, 15) is 0 Å². The van der Waals surface area contributed by atoms with Crippen molar-refractivity contribution in [1.82, 2.24) is 0 Å². The lowest BCUT2D eigenvalue weighted by Gasteiger charge is -2.33. The fourth-order valence-electron chi connectivity index (χ4n) is 2.22.